The van der Waals surface area contributed by atoms with Crippen LogP contribution in [0, 0.1) is 20.8 Å². The van der Waals surface area contributed by atoms with Gasteiger partial charge in [0.05, 0.1) is 0 Å². The van der Waals surface area contributed by atoms with Gasteiger partial charge in [-0.25, -0.2) is 0 Å². The topological polar surface area (TPSA) is 90.5 Å². The van der Waals surface area contributed by atoms with Crippen molar-refractivity contribution in [3.8, 4) is 0 Å². The highest BCUT2D eigenvalue weighted by Gasteiger charge is 2.14. The Morgan fingerprint density at radius 1 is 0.404 bits per heavy atom. The maximum Gasteiger partial charge on any atom is 0.255 e. The van der Waals surface area contributed by atoms with Gasteiger partial charge in [0, 0.05) is 53.4 Å². The average molecular weight is 687 g/mol. The summed E-state index contributed by atoms with van der Waals surface area (Å²) in [5.41, 5.74) is 10.3. The monoisotopic (exact) mass is 686 g/mol. The van der Waals surface area contributed by atoms with Crippen LogP contribution in [-0.2, 0) is 19.6 Å². The Labute approximate surface area is 305 Å². The van der Waals surface area contributed by atoms with E-state index in [1.54, 1.807) is 0 Å². The Morgan fingerprint density at radius 3 is 0.942 bits per heavy atom. The van der Waals surface area contributed by atoms with E-state index in [-0.39, 0.29) is 17.7 Å². The molecule has 0 bridgehead atoms. The highest BCUT2D eigenvalue weighted by Crippen LogP contribution is 2.22. The number of benzene rings is 6. The van der Waals surface area contributed by atoms with Crippen molar-refractivity contribution in [3.63, 3.8) is 0 Å². The number of amides is 3. The Bertz CT molecular complexity index is 1930. The molecule has 7 heteroatoms. The van der Waals surface area contributed by atoms with E-state index in [4.69, 9.17) is 0 Å². The summed E-state index contributed by atoms with van der Waals surface area (Å²) in [7, 11) is 0. The van der Waals surface area contributed by atoms with Gasteiger partial charge < -0.3 is 16.0 Å². The predicted molar refractivity (Wildman–Crippen MR) is 210 cm³/mol. The minimum atomic E-state index is -0.164. The summed E-state index contributed by atoms with van der Waals surface area (Å²) in [4.78, 5) is 41.3. The van der Waals surface area contributed by atoms with Crippen LogP contribution in [0.4, 0.5) is 17.1 Å². The molecule has 0 radical (unpaired) electrons. The Hall–Kier alpha value is -6.31. The number of carbonyl (C=O) groups excluding carboxylic acids is 3. The lowest BCUT2D eigenvalue weighted by Crippen LogP contribution is -2.23. The smallest absolute Gasteiger partial charge is 0.255 e. The van der Waals surface area contributed by atoms with Gasteiger partial charge in [0.15, 0.2) is 0 Å². The predicted octanol–water partition coefficient (Wildman–Crippen LogP) is 9.57. The fraction of sp³-hybridized carbons (Fsp3) is 0.133. The summed E-state index contributed by atoms with van der Waals surface area (Å²) in [6, 6.07) is 46.1. The number of rotatable bonds is 12. The molecule has 0 saturated heterocycles. The maximum absolute atomic E-state index is 13.0. The summed E-state index contributed by atoms with van der Waals surface area (Å²) in [6.45, 7) is 7.71. The summed E-state index contributed by atoms with van der Waals surface area (Å²) in [5, 5.41) is 9.11. The highest BCUT2D eigenvalue weighted by atomic mass is 16.2. The molecule has 0 heterocycles. The van der Waals surface area contributed by atoms with E-state index in [1.165, 1.54) is 0 Å². The summed E-state index contributed by atoms with van der Waals surface area (Å²) < 4.78 is 0. The molecule has 0 aromatic heterocycles. The molecule has 6 aromatic rings. The van der Waals surface area contributed by atoms with E-state index in [9.17, 15) is 14.4 Å². The van der Waals surface area contributed by atoms with Crippen molar-refractivity contribution >= 4 is 34.8 Å². The molecule has 6 rings (SSSR count). The molecule has 7 nitrogen and oxygen atoms in total. The molecule has 0 saturated carbocycles. The molecule has 0 unspecified atom stereocenters. The summed E-state index contributed by atoms with van der Waals surface area (Å²) in [6.07, 6.45) is 0. The SMILES string of the molecule is Cc1ccc(C(=O)Nc2cccc(CN(Cc3cccc(NC(=O)c4ccc(C)cc4)c3)Cc3cccc(NC(=O)c4ccc(C)cc4)c3)c2)cc1. The van der Waals surface area contributed by atoms with E-state index in [2.05, 4.69) is 20.9 Å². The lowest BCUT2D eigenvalue weighted by molar-refractivity contribution is 0.101. The molecule has 0 aliphatic carbocycles. The summed E-state index contributed by atoms with van der Waals surface area (Å²) >= 11 is 0. The molecule has 0 fully saturated rings. The molecule has 0 atom stereocenters. The Balaban J connectivity index is 1.21. The normalized spacial score (nSPS) is 10.8. The van der Waals surface area contributed by atoms with Crippen molar-refractivity contribution in [2.24, 2.45) is 0 Å². The van der Waals surface area contributed by atoms with Crippen molar-refractivity contribution in [1.82, 2.24) is 4.90 Å². The van der Waals surface area contributed by atoms with E-state index in [0.29, 0.717) is 53.4 Å². The lowest BCUT2D eigenvalue weighted by atomic mass is 10.1. The van der Waals surface area contributed by atoms with Gasteiger partial charge in [-0.3, -0.25) is 19.3 Å². The molecule has 6 aromatic carbocycles. The van der Waals surface area contributed by atoms with Crippen molar-refractivity contribution in [2.75, 3.05) is 16.0 Å². The second-order valence-corrected chi connectivity index (χ2v) is 13.2. The molecule has 0 spiro atoms. The Morgan fingerprint density at radius 2 is 0.673 bits per heavy atom. The first-order chi connectivity index (χ1) is 25.2. The van der Waals surface area contributed by atoms with Gasteiger partial charge in [-0.05, 0) is 110 Å². The van der Waals surface area contributed by atoms with Gasteiger partial charge in [0.1, 0.15) is 0 Å². The van der Waals surface area contributed by atoms with Crippen LogP contribution < -0.4 is 16.0 Å². The van der Waals surface area contributed by atoms with E-state index in [0.717, 1.165) is 33.4 Å². The standard InChI is InChI=1S/C45H42N4O3/c1-31-13-19-37(20-14-31)43(50)46-40-10-4-7-34(25-40)28-49(29-35-8-5-11-41(26-35)47-44(51)38-21-15-32(2)16-22-38)30-36-9-6-12-42(27-36)48-45(52)39-23-17-33(3)18-24-39/h4-27H,28-30H2,1-3H3,(H,46,50)(H,47,51)(H,48,52). The van der Waals surface area contributed by atoms with Crippen LogP contribution in [0.1, 0.15) is 64.5 Å². The van der Waals surface area contributed by atoms with Gasteiger partial charge in [-0.1, -0.05) is 89.5 Å². The zero-order chi connectivity index (χ0) is 36.5. The first-order valence-electron chi connectivity index (χ1n) is 17.3. The van der Waals surface area contributed by atoms with Crippen molar-refractivity contribution in [1.29, 1.82) is 0 Å². The van der Waals surface area contributed by atoms with E-state index < -0.39 is 0 Å². The zero-order valence-corrected chi connectivity index (χ0v) is 29.6. The van der Waals surface area contributed by atoms with E-state index >= 15 is 0 Å². The zero-order valence-electron chi connectivity index (χ0n) is 29.6. The molecule has 0 aliphatic rings. The largest absolute Gasteiger partial charge is 0.322 e. The fourth-order valence-corrected chi connectivity index (χ4v) is 5.91. The van der Waals surface area contributed by atoms with Crippen LogP contribution in [0.25, 0.3) is 0 Å². The molecular formula is C45H42N4O3. The number of hydrogen-bond acceptors (Lipinski definition) is 4. The first kappa shape index (κ1) is 35.5. The van der Waals surface area contributed by atoms with Gasteiger partial charge in [-0.15, -0.1) is 0 Å². The quantitative estimate of drug-likeness (QED) is 0.120. The number of aryl methyl sites for hydroxylation is 3. The van der Waals surface area contributed by atoms with Crippen LogP contribution in [-0.4, -0.2) is 22.6 Å². The summed E-state index contributed by atoms with van der Waals surface area (Å²) in [5.74, 6) is -0.492. The van der Waals surface area contributed by atoms with Crippen LogP contribution in [0.15, 0.2) is 146 Å². The molecule has 3 amide bonds. The van der Waals surface area contributed by atoms with Crippen molar-refractivity contribution in [2.45, 2.75) is 40.4 Å². The molecular weight excluding hydrogens is 645 g/mol. The third-order valence-electron chi connectivity index (χ3n) is 8.71. The third kappa shape index (κ3) is 9.90. The van der Waals surface area contributed by atoms with Crippen LogP contribution >= 0.6 is 0 Å². The number of carbonyl (C=O) groups is 3. The number of anilines is 3. The minimum absolute atomic E-state index is 0.164. The first-order valence-corrected chi connectivity index (χ1v) is 17.3. The molecule has 52 heavy (non-hydrogen) atoms. The Kier molecular flexibility index (Phi) is 11.3. The van der Waals surface area contributed by atoms with Crippen LogP contribution in [0.3, 0.4) is 0 Å². The van der Waals surface area contributed by atoms with Crippen molar-refractivity contribution in [3.05, 3.63) is 196 Å². The van der Waals surface area contributed by atoms with E-state index in [1.807, 2.05) is 166 Å². The number of hydrogen-bond donors (Lipinski definition) is 3. The van der Waals surface area contributed by atoms with Gasteiger partial charge in [0.25, 0.3) is 17.7 Å². The van der Waals surface area contributed by atoms with Gasteiger partial charge >= 0.3 is 0 Å². The highest BCUT2D eigenvalue weighted by molar-refractivity contribution is 6.05. The maximum atomic E-state index is 13.0. The van der Waals surface area contributed by atoms with Gasteiger partial charge in [0.2, 0.25) is 0 Å². The lowest BCUT2D eigenvalue weighted by Gasteiger charge is -2.24. The molecule has 3 N–H and O–H groups in total. The van der Waals surface area contributed by atoms with Crippen LogP contribution in [0.2, 0.25) is 0 Å². The number of nitrogens with one attached hydrogen (secondary N) is 3. The average Bonchev–Trinajstić information content (AvgIpc) is 3.13. The van der Waals surface area contributed by atoms with Crippen LogP contribution in [0.5, 0.6) is 0 Å². The molecule has 260 valence electrons. The minimum Gasteiger partial charge on any atom is -0.322 e. The molecule has 0 aliphatic heterocycles. The second kappa shape index (κ2) is 16.6. The van der Waals surface area contributed by atoms with Crippen molar-refractivity contribution < 1.29 is 14.4 Å². The fourth-order valence-electron chi connectivity index (χ4n) is 5.91. The second-order valence-electron chi connectivity index (χ2n) is 13.2. The third-order valence-corrected chi connectivity index (χ3v) is 8.71. The van der Waals surface area contributed by atoms with Gasteiger partial charge in [-0.2, -0.15) is 0 Å². The number of nitrogens with zero attached hydrogens (tertiary/aromatic N) is 1.